The number of thioether (sulfide) groups is 1. The fourth-order valence-electron chi connectivity index (χ4n) is 1.19. The van der Waals surface area contributed by atoms with E-state index in [9.17, 15) is 22.4 Å². The van der Waals surface area contributed by atoms with E-state index in [1.54, 1.807) is 0 Å². The first-order chi connectivity index (χ1) is 8.28. The number of rotatable bonds is 2. The van der Waals surface area contributed by atoms with E-state index in [2.05, 4.69) is 4.74 Å². The molecule has 0 aliphatic heterocycles. The van der Waals surface area contributed by atoms with Crippen LogP contribution in [0.3, 0.4) is 0 Å². The molecule has 0 spiro atoms. The van der Waals surface area contributed by atoms with Gasteiger partial charge in [-0.2, -0.15) is 18.4 Å². The maximum Gasteiger partial charge on any atom is 0.446 e. The molecule has 0 saturated heterocycles. The number of alkyl halides is 3. The van der Waals surface area contributed by atoms with E-state index >= 15 is 0 Å². The normalized spacial score (nSPS) is 10.9. The molecule has 0 aromatic heterocycles. The Bertz CT molecular complexity index is 522. The molecule has 1 aromatic carbocycles. The van der Waals surface area contributed by atoms with Gasteiger partial charge in [-0.1, -0.05) is 0 Å². The van der Waals surface area contributed by atoms with Crippen LogP contribution in [0.25, 0.3) is 0 Å². The number of benzene rings is 1. The second kappa shape index (κ2) is 5.27. The summed E-state index contributed by atoms with van der Waals surface area (Å²) in [5, 5.41) is 8.70. The Labute approximate surface area is 103 Å². The molecule has 0 amide bonds. The molecule has 1 rings (SSSR count). The molecular weight excluding hydrogens is 274 g/mol. The van der Waals surface area contributed by atoms with Crippen molar-refractivity contribution < 1.29 is 27.1 Å². The van der Waals surface area contributed by atoms with Gasteiger partial charge in [-0.15, -0.1) is 0 Å². The van der Waals surface area contributed by atoms with E-state index in [-0.39, 0.29) is 0 Å². The van der Waals surface area contributed by atoms with Gasteiger partial charge >= 0.3 is 11.5 Å². The van der Waals surface area contributed by atoms with Crippen molar-refractivity contribution in [1.29, 1.82) is 5.26 Å². The summed E-state index contributed by atoms with van der Waals surface area (Å²) in [7, 11) is 0.953. The summed E-state index contributed by atoms with van der Waals surface area (Å²) >= 11 is -0.677. The number of carbonyl (C=O) groups excluding carboxylic acids is 1. The fourth-order valence-corrected chi connectivity index (χ4v) is 1.90. The zero-order valence-corrected chi connectivity index (χ0v) is 9.66. The third kappa shape index (κ3) is 3.37. The summed E-state index contributed by atoms with van der Waals surface area (Å²) in [6, 6.07) is 2.66. The van der Waals surface area contributed by atoms with Crippen molar-refractivity contribution in [2.75, 3.05) is 7.11 Å². The first kappa shape index (κ1) is 14.3. The molecule has 1 aromatic rings. The molecule has 0 N–H and O–H groups in total. The number of carbonyl (C=O) groups is 1. The van der Waals surface area contributed by atoms with Crippen molar-refractivity contribution >= 4 is 17.7 Å². The lowest BCUT2D eigenvalue weighted by molar-refractivity contribution is -0.0328. The molecule has 96 valence electrons. The summed E-state index contributed by atoms with van der Waals surface area (Å²) in [4.78, 5) is 10.6. The minimum absolute atomic E-state index is 0.506. The maximum absolute atomic E-state index is 13.1. The van der Waals surface area contributed by atoms with Crippen LogP contribution >= 0.6 is 11.8 Å². The molecule has 3 nitrogen and oxygen atoms in total. The number of esters is 1. The molecule has 18 heavy (non-hydrogen) atoms. The number of methoxy groups -OCH3 is 1. The van der Waals surface area contributed by atoms with Gasteiger partial charge in [0.2, 0.25) is 0 Å². The lowest BCUT2D eigenvalue weighted by Crippen LogP contribution is -2.09. The molecular formula is C10H5F4NO2S. The Hall–Kier alpha value is -1.75. The average molecular weight is 279 g/mol. The van der Waals surface area contributed by atoms with Crippen molar-refractivity contribution in [3.8, 4) is 6.07 Å². The highest BCUT2D eigenvalue weighted by atomic mass is 32.2. The zero-order chi connectivity index (χ0) is 13.9. The predicted octanol–water partition coefficient (Wildman–Crippen LogP) is 3.10. The van der Waals surface area contributed by atoms with Crippen LogP contribution in [-0.4, -0.2) is 18.6 Å². The van der Waals surface area contributed by atoms with E-state index in [1.807, 2.05) is 0 Å². The molecule has 0 saturated carbocycles. The Kier molecular flexibility index (Phi) is 4.19. The molecule has 0 unspecified atom stereocenters. The summed E-state index contributed by atoms with van der Waals surface area (Å²) in [5.41, 5.74) is -5.80. The zero-order valence-electron chi connectivity index (χ0n) is 8.84. The van der Waals surface area contributed by atoms with Crippen LogP contribution in [0, 0.1) is 17.1 Å². The third-order valence-electron chi connectivity index (χ3n) is 1.80. The van der Waals surface area contributed by atoms with Crippen molar-refractivity contribution in [2.24, 2.45) is 0 Å². The maximum atomic E-state index is 13.1. The van der Waals surface area contributed by atoms with Gasteiger partial charge in [0, 0.05) is 4.90 Å². The number of hydrogen-bond acceptors (Lipinski definition) is 4. The van der Waals surface area contributed by atoms with Crippen LogP contribution in [0.1, 0.15) is 15.9 Å². The Morgan fingerprint density at radius 1 is 1.44 bits per heavy atom. The smallest absolute Gasteiger partial charge is 0.446 e. The number of halogens is 4. The van der Waals surface area contributed by atoms with Crippen LogP contribution in [-0.2, 0) is 4.74 Å². The topological polar surface area (TPSA) is 50.1 Å². The lowest BCUT2D eigenvalue weighted by atomic mass is 10.1. The first-order valence-electron chi connectivity index (χ1n) is 4.36. The van der Waals surface area contributed by atoms with Crippen LogP contribution < -0.4 is 0 Å². The number of nitrogens with zero attached hydrogens (tertiary/aromatic N) is 1. The highest BCUT2D eigenvalue weighted by Gasteiger charge is 2.33. The van der Waals surface area contributed by atoms with E-state index in [4.69, 9.17) is 5.26 Å². The van der Waals surface area contributed by atoms with Gasteiger partial charge in [-0.05, 0) is 23.9 Å². The molecule has 0 atom stereocenters. The van der Waals surface area contributed by atoms with E-state index in [0.717, 1.165) is 7.11 Å². The Morgan fingerprint density at radius 3 is 2.50 bits per heavy atom. The third-order valence-corrected chi connectivity index (χ3v) is 2.58. The van der Waals surface area contributed by atoms with Gasteiger partial charge in [0.25, 0.3) is 0 Å². The van der Waals surface area contributed by atoms with Gasteiger partial charge in [0.1, 0.15) is 11.9 Å². The highest BCUT2D eigenvalue weighted by Crippen LogP contribution is 2.39. The van der Waals surface area contributed by atoms with E-state index < -0.39 is 45.1 Å². The van der Waals surface area contributed by atoms with E-state index in [0.29, 0.717) is 12.1 Å². The Morgan fingerprint density at radius 2 is 2.06 bits per heavy atom. The monoisotopic (exact) mass is 279 g/mol. The van der Waals surface area contributed by atoms with Crippen LogP contribution in [0.5, 0.6) is 0 Å². The average Bonchev–Trinajstić information content (AvgIpc) is 2.25. The molecule has 0 aliphatic carbocycles. The SMILES string of the molecule is COC(=O)c1c(C#N)cc(F)cc1SC(F)(F)F. The second-order valence-corrected chi connectivity index (χ2v) is 4.08. The van der Waals surface area contributed by atoms with Crippen molar-refractivity contribution in [3.63, 3.8) is 0 Å². The number of hydrogen-bond donors (Lipinski definition) is 0. The van der Waals surface area contributed by atoms with Gasteiger partial charge in [-0.3, -0.25) is 0 Å². The first-order valence-corrected chi connectivity index (χ1v) is 5.18. The second-order valence-electron chi connectivity index (χ2n) is 2.98. The Balaban J connectivity index is 3.43. The minimum atomic E-state index is -4.71. The van der Waals surface area contributed by atoms with Gasteiger partial charge in [-0.25, -0.2) is 9.18 Å². The van der Waals surface area contributed by atoms with Crippen molar-refractivity contribution in [3.05, 3.63) is 29.1 Å². The lowest BCUT2D eigenvalue weighted by Gasteiger charge is -2.11. The molecule has 0 heterocycles. The van der Waals surface area contributed by atoms with Crippen molar-refractivity contribution in [1.82, 2.24) is 0 Å². The fraction of sp³-hybridized carbons (Fsp3) is 0.200. The van der Waals surface area contributed by atoms with Gasteiger partial charge in [0.05, 0.1) is 18.2 Å². The molecule has 0 bridgehead atoms. The number of ether oxygens (including phenoxy) is 1. The van der Waals surface area contributed by atoms with Crippen molar-refractivity contribution in [2.45, 2.75) is 10.4 Å². The number of nitriles is 1. The summed E-state index contributed by atoms with van der Waals surface area (Å²) in [6.45, 7) is 0. The largest absolute Gasteiger partial charge is 0.465 e. The molecule has 0 radical (unpaired) electrons. The minimum Gasteiger partial charge on any atom is -0.465 e. The highest BCUT2D eigenvalue weighted by molar-refractivity contribution is 8.00. The molecule has 0 aliphatic rings. The van der Waals surface area contributed by atoms with E-state index in [1.165, 1.54) is 6.07 Å². The van der Waals surface area contributed by atoms with Crippen LogP contribution in [0.15, 0.2) is 17.0 Å². The summed E-state index contributed by atoms with van der Waals surface area (Å²) in [5.74, 6) is -2.16. The quantitative estimate of drug-likeness (QED) is 0.474. The standard InChI is InChI=1S/C10H5F4NO2S/c1-17-9(16)8-5(4-15)2-6(11)3-7(8)18-10(12,13)14/h2-3H,1H3. The van der Waals surface area contributed by atoms with Gasteiger partial charge in [0.15, 0.2) is 0 Å². The summed E-state index contributed by atoms with van der Waals surface area (Å²) in [6.07, 6.45) is 0. The predicted molar refractivity (Wildman–Crippen MR) is 54.4 cm³/mol. The van der Waals surface area contributed by atoms with Crippen LogP contribution in [0.4, 0.5) is 17.6 Å². The summed E-state index contributed by atoms with van der Waals surface area (Å²) < 4.78 is 54.1. The molecule has 8 heteroatoms. The molecule has 0 fully saturated rings. The van der Waals surface area contributed by atoms with Crippen LogP contribution in [0.2, 0.25) is 0 Å². The van der Waals surface area contributed by atoms with Gasteiger partial charge < -0.3 is 4.74 Å².